The second-order valence-corrected chi connectivity index (χ2v) is 5.59. The van der Waals surface area contributed by atoms with Crippen LogP contribution in [0, 0.1) is 0 Å². The lowest BCUT2D eigenvalue weighted by molar-refractivity contribution is 0.492. The summed E-state index contributed by atoms with van der Waals surface area (Å²) in [4.78, 5) is 0. The van der Waals surface area contributed by atoms with Gasteiger partial charge in [-0.3, -0.25) is 4.68 Å². The monoisotopic (exact) mass is 285 g/mol. The van der Waals surface area contributed by atoms with Crippen LogP contribution in [0.5, 0.6) is 0 Å². The standard InChI is InChI=1S/C18H27N3/c1-4-15-12-16(21(6-3)20-15)13-18(19)17(5-2)14-10-8-7-9-11-14/h7-12,17-18H,4-6,13,19H2,1-3H3. The third-order valence-corrected chi connectivity index (χ3v) is 4.20. The van der Waals surface area contributed by atoms with E-state index in [1.165, 1.54) is 11.3 Å². The predicted molar refractivity (Wildman–Crippen MR) is 88.4 cm³/mol. The molecule has 0 radical (unpaired) electrons. The molecule has 0 amide bonds. The van der Waals surface area contributed by atoms with Crippen LogP contribution in [0.3, 0.4) is 0 Å². The summed E-state index contributed by atoms with van der Waals surface area (Å²) in [6.07, 6.45) is 2.92. The van der Waals surface area contributed by atoms with Gasteiger partial charge < -0.3 is 5.73 Å². The summed E-state index contributed by atoms with van der Waals surface area (Å²) in [5.74, 6) is 0.400. The molecule has 0 aliphatic heterocycles. The van der Waals surface area contributed by atoms with Crippen molar-refractivity contribution < 1.29 is 0 Å². The second kappa shape index (κ2) is 7.41. The summed E-state index contributed by atoms with van der Waals surface area (Å²) < 4.78 is 2.09. The molecule has 2 unspecified atom stereocenters. The van der Waals surface area contributed by atoms with Gasteiger partial charge in [0.15, 0.2) is 0 Å². The van der Waals surface area contributed by atoms with Gasteiger partial charge in [-0.15, -0.1) is 0 Å². The largest absolute Gasteiger partial charge is 0.327 e. The van der Waals surface area contributed by atoms with Crippen molar-refractivity contribution in [3.8, 4) is 0 Å². The average Bonchev–Trinajstić information content (AvgIpc) is 2.91. The first-order chi connectivity index (χ1) is 10.2. The Morgan fingerprint density at radius 2 is 1.86 bits per heavy atom. The van der Waals surface area contributed by atoms with Gasteiger partial charge in [-0.25, -0.2) is 0 Å². The van der Waals surface area contributed by atoms with Gasteiger partial charge in [0.2, 0.25) is 0 Å². The normalized spacial score (nSPS) is 14.1. The molecule has 2 rings (SSSR count). The zero-order valence-electron chi connectivity index (χ0n) is 13.4. The number of hydrogen-bond acceptors (Lipinski definition) is 2. The summed E-state index contributed by atoms with van der Waals surface area (Å²) >= 11 is 0. The lowest BCUT2D eigenvalue weighted by atomic mass is 9.87. The molecule has 0 bridgehead atoms. The molecule has 3 nitrogen and oxygen atoms in total. The van der Waals surface area contributed by atoms with Gasteiger partial charge in [0, 0.05) is 24.7 Å². The Hall–Kier alpha value is -1.61. The topological polar surface area (TPSA) is 43.8 Å². The highest BCUT2D eigenvalue weighted by Gasteiger charge is 2.20. The molecule has 0 saturated heterocycles. The highest BCUT2D eigenvalue weighted by molar-refractivity contribution is 5.22. The molecule has 2 N–H and O–H groups in total. The molecule has 0 saturated carbocycles. The van der Waals surface area contributed by atoms with Crippen molar-refractivity contribution in [1.29, 1.82) is 0 Å². The molecule has 1 heterocycles. The number of nitrogens with two attached hydrogens (primary N) is 1. The highest BCUT2D eigenvalue weighted by atomic mass is 15.3. The molecular weight excluding hydrogens is 258 g/mol. The van der Waals surface area contributed by atoms with Crippen LogP contribution in [-0.2, 0) is 19.4 Å². The lowest BCUT2D eigenvalue weighted by Gasteiger charge is -2.23. The van der Waals surface area contributed by atoms with Crippen molar-refractivity contribution in [2.75, 3.05) is 0 Å². The molecule has 114 valence electrons. The van der Waals surface area contributed by atoms with Crippen LogP contribution < -0.4 is 5.73 Å². The van der Waals surface area contributed by atoms with Crippen molar-refractivity contribution in [1.82, 2.24) is 9.78 Å². The minimum Gasteiger partial charge on any atom is -0.327 e. The maximum Gasteiger partial charge on any atom is 0.0624 e. The number of benzene rings is 1. The Labute approximate surface area is 128 Å². The van der Waals surface area contributed by atoms with Crippen molar-refractivity contribution in [3.63, 3.8) is 0 Å². The first-order valence-electron chi connectivity index (χ1n) is 8.05. The molecular formula is C18H27N3. The van der Waals surface area contributed by atoms with Gasteiger partial charge in [-0.1, -0.05) is 44.2 Å². The Morgan fingerprint density at radius 3 is 2.43 bits per heavy atom. The minimum absolute atomic E-state index is 0.129. The molecule has 0 fully saturated rings. The number of rotatable bonds is 7. The summed E-state index contributed by atoms with van der Waals surface area (Å²) in [6.45, 7) is 7.40. The van der Waals surface area contributed by atoms with Gasteiger partial charge in [-0.2, -0.15) is 5.10 Å². The van der Waals surface area contributed by atoms with E-state index in [2.05, 4.69) is 66.9 Å². The Morgan fingerprint density at radius 1 is 1.14 bits per heavy atom. The molecule has 3 heteroatoms. The van der Waals surface area contributed by atoms with Crippen LogP contribution in [0.4, 0.5) is 0 Å². The van der Waals surface area contributed by atoms with Crippen LogP contribution in [0.15, 0.2) is 36.4 Å². The summed E-state index contributed by atoms with van der Waals surface area (Å²) in [7, 11) is 0. The maximum atomic E-state index is 6.53. The smallest absolute Gasteiger partial charge is 0.0624 e. The fourth-order valence-electron chi connectivity index (χ4n) is 3.00. The van der Waals surface area contributed by atoms with Crippen LogP contribution in [0.25, 0.3) is 0 Å². The number of nitrogens with zero attached hydrogens (tertiary/aromatic N) is 2. The Bertz CT molecular complexity index is 545. The first kappa shape index (κ1) is 15.8. The van der Waals surface area contributed by atoms with Gasteiger partial charge in [0.1, 0.15) is 0 Å². The molecule has 1 aromatic heterocycles. The van der Waals surface area contributed by atoms with E-state index in [0.717, 1.165) is 31.5 Å². The number of aromatic nitrogens is 2. The lowest BCUT2D eigenvalue weighted by Crippen LogP contribution is -2.31. The van der Waals surface area contributed by atoms with Crippen molar-refractivity contribution in [3.05, 3.63) is 53.3 Å². The van der Waals surface area contributed by atoms with E-state index >= 15 is 0 Å². The zero-order valence-corrected chi connectivity index (χ0v) is 13.4. The third kappa shape index (κ3) is 3.73. The van der Waals surface area contributed by atoms with Crippen LogP contribution >= 0.6 is 0 Å². The van der Waals surface area contributed by atoms with E-state index in [1.54, 1.807) is 0 Å². The first-order valence-corrected chi connectivity index (χ1v) is 8.05. The SMILES string of the molecule is CCc1cc(CC(N)C(CC)c2ccccc2)n(CC)n1. The Kier molecular flexibility index (Phi) is 5.57. The van der Waals surface area contributed by atoms with E-state index in [9.17, 15) is 0 Å². The molecule has 0 aliphatic carbocycles. The quantitative estimate of drug-likeness (QED) is 0.845. The maximum absolute atomic E-state index is 6.53. The summed E-state index contributed by atoms with van der Waals surface area (Å²) in [5.41, 5.74) is 10.3. The minimum atomic E-state index is 0.129. The fraction of sp³-hybridized carbons (Fsp3) is 0.500. The highest BCUT2D eigenvalue weighted by Crippen LogP contribution is 2.24. The zero-order chi connectivity index (χ0) is 15.2. The van der Waals surface area contributed by atoms with Crippen molar-refractivity contribution in [2.24, 2.45) is 5.73 Å². The van der Waals surface area contributed by atoms with Crippen molar-refractivity contribution >= 4 is 0 Å². The van der Waals surface area contributed by atoms with Crippen LogP contribution in [0.2, 0.25) is 0 Å². The molecule has 1 aromatic carbocycles. The third-order valence-electron chi connectivity index (χ3n) is 4.20. The molecule has 2 atom stereocenters. The average molecular weight is 285 g/mol. The molecule has 2 aromatic rings. The molecule has 0 aliphatic rings. The van der Waals surface area contributed by atoms with Crippen molar-refractivity contribution in [2.45, 2.75) is 58.5 Å². The number of hydrogen-bond donors (Lipinski definition) is 1. The van der Waals surface area contributed by atoms with Gasteiger partial charge >= 0.3 is 0 Å². The number of aryl methyl sites for hydroxylation is 2. The summed E-state index contributed by atoms with van der Waals surface area (Å²) in [6, 6.07) is 12.9. The van der Waals surface area contributed by atoms with E-state index in [4.69, 9.17) is 5.73 Å². The fourth-order valence-corrected chi connectivity index (χ4v) is 3.00. The van der Waals surface area contributed by atoms with Gasteiger partial charge in [0.25, 0.3) is 0 Å². The van der Waals surface area contributed by atoms with Gasteiger partial charge in [-0.05, 0) is 37.3 Å². The van der Waals surface area contributed by atoms with E-state index < -0.39 is 0 Å². The Balaban J connectivity index is 2.16. The summed E-state index contributed by atoms with van der Waals surface area (Å²) in [5, 5.41) is 4.62. The molecule has 0 spiro atoms. The van der Waals surface area contributed by atoms with Crippen LogP contribution in [-0.4, -0.2) is 15.8 Å². The van der Waals surface area contributed by atoms with Gasteiger partial charge in [0.05, 0.1) is 5.69 Å². The van der Waals surface area contributed by atoms with E-state index in [-0.39, 0.29) is 6.04 Å². The molecule has 21 heavy (non-hydrogen) atoms. The van der Waals surface area contributed by atoms with E-state index in [0.29, 0.717) is 5.92 Å². The second-order valence-electron chi connectivity index (χ2n) is 5.59. The predicted octanol–water partition coefficient (Wildman–Crippen LogP) is 3.53. The van der Waals surface area contributed by atoms with Crippen LogP contribution in [0.1, 0.15) is 50.1 Å². The van der Waals surface area contributed by atoms with E-state index in [1.807, 2.05) is 0 Å².